The van der Waals surface area contributed by atoms with Gasteiger partial charge >= 0.3 is 17.8 Å². The van der Waals surface area contributed by atoms with Crippen LogP contribution in [0.25, 0.3) is 22.5 Å². The van der Waals surface area contributed by atoms with Crippen LogP contribution in [0.2, 0.25) is 0 Å². The topological polar surface area (TPSA) is 204 Å². The van der Waals surface area contributed by atoms with Gasteiger partial charge in [0.2, 0.25) is 17.6 Å². The number of rotatable bonds is 14. The average Bonchev–Trinajstić information content (AvgIpc) is 4.01. The maximum atomic E-state index is 14.3. The number of carbonyl (C=O) groups is 4. The average molecular weight is 833 g/mol. The summed E-state index contributed by atoms with van der Waals surface area (Å²) in [5.41, 5.74) is 10.4. The van der Waals surface area contributed by atoms with Crippen LogP contribution in [0.1, 0.15) is 72.3 Å². The number of alkyl halides is 4. The van der Waals surface area contributed by atoms with Crippen molar-refractivity contribution in [1.29, 1.82) is 0 Å². The highest BCUT2D eigenvalue weighted by molar-refractivity contribution is 5.98. The Kier molecular flexibility index (Phi) is 12.4. The third-order valence-electron chi connectivity index (χ3n) is 12.3. The standard InChI is InChI=1S/C43H48F4N8O5/c1-23-20-29(38(57)51-34-17-16-33-32(34)18-19-49-33)12-15-31(23)26-6-2-24(3-7-26)21-35(52-37(56)28-8-4-25(22-48)5-9-28)39(58)50-30-13-10-27(11-14-30)36-53-40(55-54-36)42(44,45)43(46,47)41(59)60/h2-3,6-7,10-15,20,25,28,32-35,49H,4-5,8-9,16-19,21-22,48H2,1H3,(H,50,58)(H,51,57)(H,52,56)(H,59,60)(H,53,54,55)/t25-,28-,32?,33?,34?,35-/m0/s1. The van der Waals surface area contributed by atoms with Gasteiger partial charge in [0.1, 0.15) is 6.04 Å². The quantitative estimate of drug-likeness (QED) is 0.0794. The van der Waals surface area contributed by atoms with E-state index in [2.05, 4.69) is 31.5 Å². The Morgan fingerprint density at radius 2 is 1.58 bits per heavy atom. The second-order valence-corrected chi connectivity index (χ2v) is 16.2. The number of nitrogens with zero attached hydrogens (tertiary/aromatic N) is 2. The number of carbonyl (C=O) groups excluding carboxylic acids is 3. The zero-order valence-corrected chi connectivity index (χ0v) is 32.9. The minimum Gasteiger partial charge on any atom is -0.477 e. The molecule has 3 aromatic carbocycles. The lowest BCUT2D eigenvalue weighted by molar-refractivity contribution is -0.231. The second-order valence-electron chi connectivity index (χ2n) is 16.2. The van der Waals surface area contributed by atoms with Crippen molar-refractivity contribution in [2.75, 3.05) is 18.4 Å². The third-order valence-corrected chi connectivity index (χ3v) is 12.3. The van der Waals surface area contributed by atoms with E-state index in [1.54, 1.807) is 0 Å². The van der Waals surface area contributed by atoms with Crippen LogP contribution in [0, 0.1) is 24.7 Å². The van der Waals surface area contributed by atoms with Crippen LogP contribution >= 0.6 is 0 Å². The predicted molar refractivity (Wildman–Crippen MR) is 214 cm³/mol. The molecule has 0 radical (unpaired) electrons. The van der Waals surface area contributed by atoms with Crippen molar-refractivity contribution in [3.8, 4) is 22.5 Å². The van der Waals surface area contributed by atoms with Crippen LogP contribution in [0.4, 0.5) is 23.2 Å². The lowest BCUT2D eigenvalue weighted by Crippen LogP contribution is -2.48. The highest BCUT2D eigenvalue weighted by Crippen LogP contribution is 2.42. The summed E-state index contributed by atoms with van der Waals surface area (Å²) < 4.78 is 55.9. The fourth-order valence-electron chi connectivity index (χ4n) is 8.69. The molecule has 0 spiro atoms. The van der Waals surface area contributed by atoms with Crippen molar-refractivity contribution in [1.82, 2.24) is 31.1 Å². The van der Waals surface area contributed by atoms with Gasteiger partial charge in [-0.2, -0.15) is 17.6 Å². The number of amides is 3. The zero-order valence-electron chi connectivity index (χ0n) is 32.9. The number of anilines is 1. The molecule has 2 aliphatic carbocycles. The largest absolute Gasteiger partial charge is 0.477 e. The number of H-pyrrole nitrogens is 1. The van der Waals surface area contributed by atoms with E-state index in [1.807, 2.05) is 54.4 Å². The molecule has 1 aromatic heterocycles. The Bertz CT molecular complexity index is 2210. The minimum absolute atomic E-state index is 0.0762. The van der Waals surface area contributed by atoms with Gasteiger partial charge in [-0.15, -0.1) is 10.2 Å². The maximum absolute atomic E-state index is 14.3. The number of aliphatic carboxylic acids is 1. The smallest absolute Gasteiger partial charge is 0.411 e. The lowest BCUT2D eigenvalue weighted by atomic mass is 9.81. The Hall–Kier alpha value is -5.68. The van der Waals surface area contributed by atoms with Gasteiger partial charge in [0, 0.05) is 41.2 Å². The van der Waals surface area contributed by atoms with Crippen molar-refractivity contribution < 1.29 is 41.8 Å². The SMILES string of the molecule is Cc1cc(C(=O)NC2CCC3NCCC32)ccc1-c1ccc(C[C@H](NC(=O)[C@H]2CC[C@H](CN)CC2)C(=O)Nc2ccc(-c3nnc(C(F)(F)C(F)(F)C(=O)O)[nH]3)cc2)cc1. The van der Waals surface area contributed by atoms with Crippen molar-refractivity contribution >= 4 is 29.4 Å². The number of nitrogens with one attached hydrogen (secondary N) is 5. The number of carboxylic acid groups (broad SMARTS) is 1. The molecule has 0 bridgehead atoms. The number of halogens is 4. The first-order valence-corrected chi connectivity index (χ1v) is 20.2. The molecule has 1 saturated heterocycles. The van der Waals surface area contributed by atoms with E-state index in [0.717, 1.165) is 60.9 Å². The summed E-state index contributed by atoms with van der Waals surface area (Å²) in [6.07, 6.45) is 6.21. The van der Waals surface area contributed by atoms with Crippen molar-refractivity contribution in [3.63, 3.8) is 0 Å². The number of fused-ring (bicyclic) bond motifs is 1. The Labute approximate surface area is 343 Å². The summed E-state index contributed by atoms with van der Waals surface area (Å²) in [4.78, 5) is 53.3. The van der Waals surface area contributed by atoms with Crippen LogP contribution in [0.15, 0.2) is 66.7 Å². The number of aryl methyl sites for hydroxylation is 1. The number of aromatic nitrogens is 3. The van der Waals surface area contributed by atoms with Crippen LogP contribution in [0.3, 0.4) is 0 Å². The van der Waals surface area contributed by atoms with E-state index in [0.29, 0.717) is 42.8 Å². The number of nitrogens with two attached hydrogens (primary N) is 1. The molecule has 7 rings (SSSR count). The minimum atomic E-state index is -5.44. The molecule has 3 unspecified atom stereocenters. The number of carboxylic acids is 1. The fourth-order valence-corrected chi connectivity index (χ4v) is 8.69. The molecule has 4 aromatic rings. The van der Waals surface area contributed by atoms with Gasteiger partial charge < -0.3 is 37.1 Å². The van der Waals surface area contributed by atoms with E-state index in [9.17, 15) is 36.7 Å². The summed E-state index contributed by atoms with van der Waals surface area (Å²) >= 11 is 0. The normalized spacial score (nSPS) is 22.1. The molecule has 13 nitrogen and oxygen atoms in total. The summed E-state index contributed by atoms with van der Waals surface area (Å²) in [6, 6.07) is 18.6. The third kappa shape index (κ3) is 8.92. The second kappa shape index (κ2) is 17.5. The molecule has 8 N–H and O–H groups in total. The highest BCUT2D eigenvalue weighted by atomic mass is 19.3. The van der Waals surface area contributed by atoms with Gasteiger partial charge in [-0.25, -0.2) is 4.79 Å². The summed E-state index contributed by atoms with van der Waals surface area (Å²) in [5.74, 6) is -15.9. The van der Waals surface area contributed by atoms with E-state index in [1.165, 1.54) is 24.3 Å². The zero-order chi connectivity index (χ0) is 42.8. The van der Waals surface area contributed by atoms with Gasteiger partial charge in [-0.1, -0.05) is 30.3 Å². The molecule has 2 saturated carbocycles. The number of hydrogen-bond acceptors (Lipinski definition) is 8. The molecule has 1 aliphatic heterocycles. The highest BCUT2D eigenvalue weighted by Gasteiger charge is 2.65. The number of hydrogen-bond donors (Lipinski definition) is 7. The number of benzene rings is 3. The van der Waals surface area contributed by atoms with Gasteiger partial charge in [-0.05, 0) is 135 Å². The molecule has 4 atom stereocenters. The molecule has 60 heavy (non-hydrogen) atoms. The Morgan fingerprint density at radius 1 is 0.883 bits per heavy atom. The van der Waals surface area contributed by atoms with E-state index >= 15 is 0 Å². The van der Waals surface area contributed by atoms with Gasteiger partial charge in [0.25, 0.3) is 5.91 Å². The van der Waals surface area contributed by atoms with E-state index in [4.69, 9.17) is 10.8 Å². The predicted octanol–water partition coefficient (Wildman–Crippen LogP) is 5.56. The van der Waals surface area contributed by atoms with Crippen molar-refractivity contribution in [2.45, 2.75) is 88.3 Å². The monoisotopic (exact) mass is 832 g/mol. The summed E-state index contributed by atoms with van der Waals surface area (Å²) in [5, 5.41) is 27.6. The first-order chi connectivity index (χ1) is 28.6. The van der Waals surface area contributed by atoms with Gasteiger partial charge in [0.15, 0.2) is 5.82 Å². The van der Waals surface area contributed by atoms with Crippen molar-refractivity contribution in [2.24, 2.45) is 23.5 Å². The molecular weight excluding hydrogens is 785 g/mol. The first-order valence-electron chi connectivity index (χ1n) is 20.2. The Balaban J connectivity index is 1.03. The fraction of sp³-hybridized carbons (Fsp3) is 0.442. The lowest BCUT2D eigenvalue weighted by Gasteiger charge is -2.28. The van der Waals surface area contributed by atoms with Crippen LogP contribution in [-0.2, 0) is 26.7 Å². The van der Waals surface area contributed by atoms with Crippen molar-refractivity contribution in [3.05, 3.63) is 89.2 Å². The maximum Gasteiger partial charge on any atom is 0.411 e. The van der Waals surface area contributed by atoms with Gasteiger partial charge in [0.05, 0.1) is 0 Å². The van der Waals surface area contributed by atoms with Crippen LogP contribution < -0.4 is 27.0 Å². The summed E-state index contributed by atoms with van der Waals surface area (Å²) in [6.45, 7) is 3.50. The van der Waals surface area contributed by atoms with Gasteiger partial charge in [-0.3, -0.25) is 14.4 Å². The van der Waals surface area contributed by atoms with Crippen LogP contribution in [-0.4, -0.2) is 81.1 Å². The molecule has 2 heterocycles. The number of aromatic amines is 1. The molecular formula is C43H48F4N8O5. The molecule has 17 heteroatoms. The Morgan fingerprint density at radius 3 is 2.25 bits per heavy atom. The molecule has 318 valence electrons. The van der Waals surface area contributed by atoms with E-state index in [-0.39, 0.29) is 47.3 Å². The van der Waals surface area contributed by atoms with E-state index < -0.39 is 35.6 Å². The summed E-state index contributed by atoms with van der Waals surface area (Å²) in [7, 11) is 0. The van der Waals surface area contributed by atoms with Crippen LogP contribution in [0.5, 0.6) is 0 Å². The molecule has 3 amide bonds. The molecule has 3 aliphatic rings. The molecule has 3 fully saturated rings. The first kappa shape index (κ1) is 42.4.